The second-order valence-electron chi connectivity index (χ2n) is 5.92. The zero-order chi connectivity index (χ0) is 16.4. The molecule has 0 bridgehead atoms. The molecular weight excluding hydrogens is 298 g/mol. The molecular formula is C15H21N5O3. The molecule has 1 fully saturated rings. The molecule has 0 radical (unpaired) electrons. The van der Waals surface area contributed by atoms with Crippen molar-refractivity contribution in [3.8, 4) is 0 Å². The van der Waals surface area contributed by atoms with E-state index in [4.69, 9.17) is 4.52 Å². The first kappa shape index (κ1) is 15.6. The number of aromatic nitrogens is 2. The van der Waals surface area contributed by atoms with Crippen molar-refractivity contribution >= 4 is 17.5 Å². The monoisotopic (exact) mass is 319 g/mol. The normalized spacial score (nSPS) is 22.3. The number of hydrazone groups is 1. The second kappa shape index (κ2) is 6.47. The van der Waals surface area contributed by atoms with Gasteiger partial charge in [0.2, 0.25) is 11.8 Å². The highest BCUT2D eigenvalue weighted by molar-refractivity contribution is 6.39. The first-order valence-corrected chi connectivity index (χ1v) is 8.05. The van der Waals surface area contributed by atoms with Crippen LogP contribution in [0.2, 0.25) is 0 Å². The van der Waals surface area contributed by atoms with Gasteiger partial charge in [0, 0.05) is 45.3 Å². The van der Waals surface area contributed by atoms with Gasteiger partial charge in [0.1, 0.15) is 5.71 Å². The van der Waals surface area contributed by atoms with E-state index in [-0.39, 0.29) is 17.7 Å². The Labute approximate surface area is 134 Å². The first-order valence-electron chi connectivity index (χ1n) is 8.05. The summed E-state index contributed by atoms with van der Waals surface area (Å²) < 4.78 is 5.04. The van der Waals surface area contributed by atoms with Crippen molar-refractivity contribution in [2.24, 2.45) is 5.10 Å². The van der Waals surface area contributed by atoms with Crippen molar-refractivity contribution in [3.63, 3.8) is 0 Å². The van der Waals surface area contributed by atoms with Gasteiger partial charge in [0.25, 0.3) is 5.91 Å². The predicted molar refractivity (Wildman–Crippen MR) is 81.6 cm³/mol. The first-order chi connectivity index (χ1) is 11.1. The maximum atomic E-state index is 12.7. The summed E-state index contributed by atoms with van der Waals surface area (Å²) >= 11 is 0. The molecule has 2 aliphatic rings. The summed E-state index contributed by atoms with van der Waals surface area (Å²) in [7, 11) is 0. The van der Waals surface area contributed by atoms with E-state index in [0.29, 0.717) is 49.9 Å². The lowest BCUT2D eigenvalue weighted by molar-refractivity contribution is -0.132. The molecule has 3 rings (SSSR count). The molecule has 8 nitrogen and oxygen atoms in total. The van der Waals surface area contributed by atoms with E-state index >= 15 is 0 Å². The molecule has 124 valence electrons. The third-order valence-electron chi connectivity index (χ3n) is 4.27. The SMILES string of the molecule is CCN1N=C(C(=O)N2CCC[C@H](c3noc(C)n3)C2)CCC1=O. The van der Waals surface area contributed by atoms with Gasteiger partial charge in [-0.05, 0) is 19.8 Å². The van der Waals surface area contributed by atoms with Crippen LogP contribution in [0.4, 0.5) is 0 Å². The van der Waals surface area contributed by atoms with Crippen LogP contribution in [-0.4, -0.2) is 57.2 Å². The molecule has 8 heteroatoms. The van der Waals surface area contributed by atoms with E-state index in [0.717, 1.165) is 12.8 Å². The van der Waals surface area contributed by atoms with Crippen LogP contribution in [0.5, 0.6) is 0 Å². The topological polar surface area (TPSA) is 91.9 Å². The van der Waals surface area contributed by atoms with Crippen LogP contribution in [0.1, 0.15) is 50.2 Å². The van der Waals surface area contributed by atoms with E-state index in [1.54, 1.807) is 11.8 Å². The smallest absolute Gasteiger partial charge is 0.270 e. The summed E-state index contributed by atoms with van der Waals surface area (Å²) in [5.74, 6) is 1.19. The predicted octanol–water partition coefficient (Wildman–Crippen LogP) is 1.08. The van der Waals surface area contributed by atoms with Gasteiger partial charge in [-0.3, -0.25) is 9.59 Å². The average molecular weight is 319 g/mol. The van der Waals surface area contributed by atoms with E-state index in [1.165, 1.54) is 5.01 Å². The fourth-order valence-corrected chi connectivity index (χ4v) is 3.04. The van der Waals surface area contributed by atoms with Crippen LogP contribution in [0, 0.1) is 6.92 Å². The molecule has 3 heterocycles. The van der Waals surface area contributed by atoms with E-state index < -0.39 is 0 Å². The summed E-state index contributed by atoms with van der Waals surface area (Å²) in [6, 6.07) is 0. The van der Waals surface area contributed by atoms with Crippen LogP contribution in [0.15, 0.2) is 9.62 Å². The van der Waals surface area contributed by atoms with Crippen LogP contribution in [0.25, 0.3) is 0 Å². The van der Waals surface area contributed by atoms with Gasteiger partial charge < -0.3 is 9.42 Å². The van der Waals surface area contributed by atoms with Gasteiger partial charge in [0.05, 0.1) is 0 Å². The Morgan fingerprint density at radius 2 is 2.22 bits per heavy atom. The largest absolute Gasteiger partial charge is 0.340 e. The minimum absolute atomic E-state index is 0.0251. The molecule has 1 aromatic heterocycles. The van der Waals surface area contributed by atoms with Gasteiger partial charge in [-0.2, -0.15) is 10.1 Å². The summed E-state index contributed by atoms with van der Waals surface area (Å²) in [6.45, 7) is 5.36. The molecule has 0 N–H and O–H groups in total. The number of carbonyl (C=O) groups is 2. The van der Waals surface area contributed by atoms with E-state index in [2.05, 4.69) is 15.2 Å². The maximum absolute atomic E-state index is 12.7. The Balaban J connectivity index is 1.71. The number of likely N-dealkylation sites (tertiary alicyclic amines) is 1. The third-order valence-corrected chi connectivity index (χ3v) is 4.27. The molecule has 1 atom stereocenters. The molecule has 0 aliphatic carbocycles. The van der Waals surface area contributed by atoms with Crippen LogP contribution in [0.3, 0.4) is 0 Å². The Bertz CT molecular complexity index is 639. The number of hydrogen-bond acceptors (Lipinski definition) is 6. The van der Waals surface area contributed by atoms with Crippen molar-refractivity contribution < 1.29 is 14.1 Å². The minimum atomic E-state index is -0.0825. The third kappa shape index (κ3) is 3.25. The van der Waals surface area contributed by atoms with Gasteiger partial charge >= 0.3 is 0 Å². The molecule has 2 aliphatic heterocycles. The Kier molecular flexibility index (Phi) is 4.40. The molecule has 0 saturated carbocycles. The zero-order valence-electron chi connectivity index (χ0n) is 13.5. The summed E-state index contributed by atoms with van der Waals surface area (Å²) in [4.78, 5) is 30.4. The van der Waals surface area contributed by atoms with Gasteiger partial charge in [-0.1, -0.05) is 5.16 Å². The minimum Gasteiger partial charge on any atom is -0.340 e. The number of piperidine rings is 1. The maximum Gasteiger partial charge on any atom is 0.270 e. The Morgan fingerprint density at radius 1 is 1.39 bits per heavy atom. The highest BCUT2D eigenvalue weighted by atomic mass is 16.5. The zero-order valence-corrected chi connectivity index (χ0v) is 13.5. The van der Waals surface area contributed by atoms with Crippen LogP contribution >= 0.6 is 0 Å². The van der Waals surface area contributed by atoms with Crippen LogP contribution in [-0.2, 0) is 9.59 Å². The lowest BCUT2D eigenvalue weighted by Crippen LogP contribution is -2.45. The fourth-order valence-electron chi connectivity index (χ4n) is 3.04. The highest BCUT2D eigenvalue weighted by Crippen LogP contribution is 2.25. The molecule has 0 aromatic carbocycles. The van der Waals surface area contributed by atoms with Crippen molar-refractivity contribution in [1.82, 2.24) is 20.0 Å². The lowest BCUT2D eigenvalue weighted by atomic mass is 9.96. The Morgan fingerprint density at radius 3 is 2.91 bits per heavy atom. The molecule has 1 saturated heterocycles. The standard InChI is InChI=1S/C15H21N5O3/c1-3-20-13(21)7-6-12(17-20)15(22)19-8-4-5-11(9-19)14-16-10(2)23-18-14/h11H,3-9H2,1-2H3/t11-/m0/s1. The van der Waals surface area contributed by atoms with Crippen molar-refractivity contribution in [2.75, 3.05) is 19.6 Å². The number of amides is 2. The number of nitrogens with zero attached hydrogens (tertiary/aromatic N) is 5. The molecule has 2 amide bonds. The van der Waals surface area contributed by atoms with Crippen molar-refractivity contribution in [2.45, 2.75) is 45.4 Å². The second-order valence-corrected chi connectivity index (χ2v) is 5.92. The highest BCUT2D eigenvalue weighted by Gasteiger charge is 2.32. The van der Waals surface area contributed by atoms with E-state index in [1.807, 2.05) is 6.92 Å². The summed E-state index contributed by atoms with van der Waals surface area (Å²) in [5.41, 5.74) is 0.469. The van der Waals surface area contributed by atoms with Gasteiger partial charge in [-0.25, -0.2) is 5.01 Å². The number of carbonyl (C=O) groups excluding carboxylic acids is 2. The quantitative estimate of drug-likeness (QED) is 0.831. The molecule has 0 unspecified atom stereocenters. The molecule has 23 heavy (non-hydrogen) atoms. The molecule has 0 spiro atoms. The molecule has 1 aromatic rings. The summed E-state index contributed by atoms with van der Waals surface area (Å²) in [6.07, 6.45) is 2.60. The van der Waals surface area contributed by atoms with Crippen molar-refractivity contribution in [1.29, 1.82) is 0 Å². The number of aryl methyl sites for hydroxylation is 1. The van der Waals surface area contributed by atoms with Gasteiger partial charge in [0.15, 0.2) is 5.82 Å². The van der Waals surface area contributed by atoms with Crippen molar-refractivity contribution in [3.05, 3.63) is 11.7 Å². The number of rotatable bonds is 3. The number of hydrogen-bond donors (Lipinski definition) is 0. The Hall–Kier alpha value is -2.25. The van der Waals surface area contributed by atoms with E-state index in [9.17, 15) is 9.59 Å². The van der Waals surface area contributed by atoms with Crippen LogP contribution < -0.4 is 0 Å². The van der Waals surface area contributed by atoms with Gasteiger partial charge in [-0.15, -0.1) is 0 Å². The summed E-state index contributed by atoms with van der Waals surface area (Å²) in [5, 5.41) is 9.57. The lowest BCUT2D eigenvalue weighted by Gasteiger charge is -2.32. The average Bonchev–Trinajstić information content (AvgIpc) is 3.01. The fraction of sp³-hybridized carbons (Fsp3) is 0.667.